The zero-order valence-corrected chi connectivity index (χ0v) is 11.2. The molecular formula is C14H12N4O3. The first-order chi connectivity index (χ1) is 10.2. The summed E-state index contributed by atoms with van der Waals surface area (Å²) >= 11 is 0. The van der Waals surface area contributed by atoms with E-state index < -0.39 is 5.97 Å². The first kappa shape index (κ1) is 13.0. The van der Waals surface area contributed by atoms with Gasteiger partial charge in [0.15, 0.2) is 5.65 Å². The number of aromatic nitrogens is 4. The normalized spacial score (nSPS) is 10.7. The minimum absolute atomic E-state index is 0.215. The van der Waals surface area contributed by atoms with E-state index in [0.717, 1.165) is 0 Å². The molecule has 106 valence electrons. The first-order valence-electron chi connectivity index (χ1n) is 6.40. The highest BCUT2D eigenvalue weighted by molar-refractivity contribution is 5.95. The third-order valence-electron chi connectivity index (χ3n) is 2.92. The number of H-pyrrole nitrogens is 1. The molecule has 3 rings (SSSR count). The largest absolute Gasteiger partial charge is 0.462 e. The number of hydrogen-bond donors (Lipinski definition) is 1. The van der Waals surface area contributed by atoms with Crippen LogP contribution in [0.3, 0.4) is 0 Å². The minimum Gasteiger partial charge on any atom is -0.462 e. The second-order valence-corrected chi connectivity index (χ2v) is 4.26. The standard InChI is InChI=1S/C14H12N4O3/c1-2-21-14(20)9-8-16-18-12(19)7-11(17-13(9)18)10-5-3-4-6-15-10/h3-8,16H,2H2,1H3. The fraction of sp³-hybridized carbons (Fsp3) is 0.143. The van der Waals surface area contributed by atoms with Gasteiger partial charge < -0.3 is 4.74 Å². The van der Waals surface area contributed by atoms with E-state index in [2.05, 4.69) is 15.1 Å². The van der Waals surface area contributed by atoms with Gasteiger partial charge in [0, 0.05) is 18.5 Å². The number of pyridine rings is 1. The number of aromatic amines is 1. The Morgan fingerprint density at radius 2 is 2.24 bits per heavy atom. The Balaban J connectivity index is 2.20. The molecule has 0 aliphatic carbocycles. The van der Waals surface area contributed by atoms with Gasteiger partial charge in [0.05, 0.1) is 18.0 Å². The Kier molecular flexibility index (Phi) is 3.23. The monoisotopic (exact) mass is 284 g/mol. The van der Waals surface area contributed by atoms with Crippen LogP contribution in [0.25, 0.3) is 17.0 Å². The van der Waals surface area contributed by atoms with Crippen molar-refractivity contribution < 1.29 is 9.53 Å². The molecule has 0 saturated heterocycles. The highest BCUT2D eigenvalue weighted by atomic mass is 16.5. The van der Waals surface area contributed by atoms with Crippen LogP contribution >= 0.6 is 0 Å². The van der Waals surface area contributed by atoms with Crippen LogP contribution in [0.1, 0.15) is 17.3 Å². The number of nitrogens with zero attached hydrogens (tertiary/aromatic N) is 3. The molecule has 7 nitrogen and oxygen atoms in total. The molecule has 0 saturated carbocycles. The Morgan fingerprint density at radius 3 is 2.95 bits per heavy atom. The summed E-state index contributed by atoms with van der Waals surface area (Å²) < 4.78 is 6.14. The molecule has 3 aromatic heterocycles. The zero-order valence-electron chi connectivity index (χ0n) is 11.2. The average molecular weight is 284 g/mol. The number of fused-ring (bicyclic) bond motifs is 1. The predicted octanol–water partition coefficient (Wildman–Crippen LogP) is 1.26. The van der Waals surface area contributed by atoms with Gasteiger partial charge in [-0.1, -0.05) is 6.07 Å². The van der Waals surface area contributed by atoms with Crippen molar-refractivity contribution in [1.29, 1.82) is 0 Å². The van der Waals surface area contributed by atoms with Gasteiger partial charge in [-0.15, -0.1) is 0 Å². The van der Waals surface area contributed by atoms with Crippen molar-refractivity contribution in [3.63, 3.8) is 0 Å². The van der Waals surface area contributed by atoms with Crippen LogP contribution in [0.5, 0.6) is 0 Å². The Hall–Kier alpha value is -2.96. The first-order valence-corrected chi connectivity index (χ1v) is 6.40. The lowest BCUT2D eigenvalue weighted by atomic mass is 10.2. The topological polar surface area (TPSA) is 89.4 Å². The van der Waals surface area contributed by atoms with E-state index in [-0.39, 0.29) is 23.4 Å². The quantitative estimate of drug-likeness (QED) is 0.731. The maximum atomic E-state index is 12.1. The van der Waals surface area contributed by atoms with Gasteiger partial charge in [-0.25, -0.2) is 14.3 Å². The molecule has 0 bridgehead atoms. The number of nitrogens with one attached hydrogen (secondary N) is 1. The van der Waals surface area contributed by atoms with Crippen LogP contribution in [0, 0.1) is 0 Å². The van der Waals surface area contributed by atoms with Gasteiger partial charge in [-0.2, -0.15) is 0 Å². The van der Waals surface area contributed by atoms with Crippen LogP contribution < -0.4 is 5.56 Å². The van der Waals surface area contributed by atoms with Crippen molar-refractivity contribution in [3.05, 3.63) is 52.6 Å². The number of carbonyl (C=O) groups excluding carboxylic acids is 1. The number of rotatable bonds is 3. The molecule has 3 heterocycles. The lowest BCUT2D eigenvalue weighted by Gasteiger charge is -2.02. The van der Waals surface area contributed by atoms with E-state index in [1.54, 1.807) is 31.3 Å². The fourth-order valence-corrected chi connectivity index (χ4v) is 1.99. The maximum absolute atomic E-state index is 12.1. The molecule has 0 aliphatic heterocycles. The van der Waals surface area contributed by atoms with Crippen LogP contribution in [-0.2, 0) is 4.74 Å². The maximum Gasteiger partial charge on any atom is 0.343 e. The van der Waals surface area contributed by atoms with Crippen molar-refractivity contribution in [2.24, 2.45) is 0 Å². The summed E-state index contributed by atoms with van der Waals surface area (Å²) in [4.78, 5) is 32.4. The number of carbonyl (C=O) groups is 1. The lowest BCUT2D eigenvalue weighted by Crippen LogP contribution is -2.15. The molecule has 3 aromatic rings. The van der Waals surface area contributed by atoms with Crippen LogP contribution in [0.15, 0.2) is 41.5 Å². The van der Waals surface area contributed by atoms with E-state index in [0.29, 0.717) is 11.4 Å². The Labute approximate surface area is 119 Å². The molecule has 0 fully saturated rings. The summed E-state index contributed by atoms with van der Waals surface area (Å²) in [5.74, 6) is -0.527. The van der Waals surface area contributed by atoms with Crippen LogP contribution in [0.4, 0.5) is 0 Å². The average Bonchev–Trinajstić information content (AvgIpc) is 2.93. The van der Waals surface area contributed by atoms with Gasteiger partial charge in [0.25, 0.3) is 5.56 Å². The highest BCUT2D eigenvalue weighted by Crippen LogP contribution is 2.15. The predicted molar refractivity (Wildman–Crippen MR) is 75.0 cm³/mol. The summed E-state index contributed by atoms with van der Waals surface area (Å²) in [5, 5.41) is 2.69. The van der Waals surface area contributed by atoms with Crippen molar-refractivity contribution in [1.82, 2.24) is 19.6 Å². The van der Waals surface area contributed by atoms with Crippen LogP contribution in [0.2, 0.25) is 0 Å². The number of ether oxygens (including phenoxy) is 1. The summed E-state index contributed by atoms with van der Waals surface area (Å²) in [7, 11) is 0. The molecule has 1 N–H and O–H groups in total. The van der Waals surface area contributed by atoms with Crippen molar-refractivity contribution in [2.45, 2.75) is 6.92 Å². The second-order valence-electron chi connectivity index (χ2n) is 4.26. The van der Waals surface area contributed by atoms with Gasteiger partial charge in [-0.05, 0) is 19.1 Å². The SMILES string of the molecule is CCOC(=O)c1c[nH]n2c(=O)cc(-c3ccccn3)nc12. The number of esters is 1. The molecule has 0 aromatic carbocycles. The van der Waals surface area contributed by atoms with E-state index in [9.17, 15) is 9.59 Å². The molecule has 0 radical (unpaired) electrons. The fourth-order valence-electron chi connectivity index (χ4n) is 1.99. The number of hydrogen-bond acceptors (Lipinski definition) is 5. The van der Waals surface area contributed by atoms with Crippen molar-refractivity contribution in [2.75, 3.05) is 6.61 Å². The molecule has 0 aliphatic rings. The smallest absolute Gasteiger partial charge is 0.343 e. The minimum atomic E-state index is -0.527. The summed E-state index contributed by atoms with van der Waals surface area (Å²) in [6.45, 7) is 1.96. The van der Waals surface area contributed by atoms with E-state index in [1.165, 1.54) is 16.8 Å². The van der Waals surface area contributed by atoms with E-state index in [4.69, 9.17) is 4.74 Å². The second kappa shape index (κ2) is 5.20. The lowest BCUT2D eigenvalue weighted by molar-refractivity contribution is 0.0528. The van der Waals surface area contributed by atoms with E-state index >= 15 is 0 Å². The summed E-state index contributed by atoms with van der Waals surface area (Å²) in [5.41, 5.74) is 1.09. The Morgan fingerprint density at radius 1 is 1.38 bits per heavy atom. The van der Waals surface area contributed by atoms with Crippen molar-refractivity contribution >= 4 is 11.6 Å². The Bertz CT molecular complexity index is 852. The van der Waals surface area contributed by atoms with Gasteiger partial charge in [0.1, 0.15) is 5.56 Å². The van der Waals surface area contributed by atoms with Crippen LogP contribution in [-0.4, -0.2) is 32.2 Å². The van der Waals surface area contributed by atoms with Gasteiger partial charge in [0.2, 0.25) is 0 Å². The third-order valence-corrected chi connectivity index (χ3v) is 2.92. The molecule has 0 atom stereocenters. The molecule has 7 heteroatoms. The molecule has 0 spiro atoms. The summed E-state index contributed by atoms with van der Waals surface area (Å²) in [6.07, 6.45) is 3.02. The third kappa shape index (κ3) is 2.29. The van der Waals surface area contributed by atoms with Gasteiger partial charge in [-0.3, -0.25) is 14.9 Å². The zero-order chi connectivity index (χ0) is 14.8. The molecule has 0 unspecified atom stereocenters. The van der Waals surface area contributed by atoms with Gasteiger partial charge >= 0.3 is 5.97 Å². The molecule has 0 amide bonds. The molecule has 21 heavy (non-hydrogen) atoms. The van der Waals surface area contributed by atoms with Crippen molar-refractivity contribution in [3.8, 4) is 11.4 Å². The molecular weight excluding hydrogens is 272 g/mol. The van der Waals surface area contributed by atoms with E-state index in [1.807, 2.05) is 0 Å². The highest BCUT2D eigenvalue weighted by Gasteiger charge is 2.17. The summed E-state index contributed by atoms with van der Waals surface area (Å²) in [6, 6.07) is 6.68.